The zero-order valence-corrected chi connectivity index (χ0v) is 9.23. The molecule has 2 rings (SSSR count). The summed E-state index contributed by atoms with van der Waals surface area (Å²) in [6, 6.07) is 5.89. The van der Waals surface area contributed by atoms with E-state index in [9.17, 15) is 0 Å². The van der Waals surface area contributed by atoms with E-state index in [-0.39, 0.29) is 0 Å². The van der Waals surface area contributed by atoms with Crippen molar-refractivity contribution >= 4 is 40.0 Å². The van der Waals surface area contributed by atoms with Crippen LogP contribution in [-0.4, -0.2) is 4.57 Å². The number of hydrogen-bond donors (Lipinski definition) is 1. The highest BCUT2D eigenvalue weighted by Crippen LogP contribution is 2.32. The van der Waals surface area contributed by atoms with Crippen molar-refractivity contribution in [3.63, 3.8) is 0 Å². The number of nitrogens with one attached hydrogen (secondary N) is 1. The lowest BCUT2D eigenvalue weighted by molar-refractivity contribution is 0.798. The van der Waals surface area contributed by atoms with E-state index in [0.29, 0.717) is 0 Å². The van der Waals surface area contributed by atoms with Gasteiger partial charge in [-0.15, -0.1) is 0 Å². The quantitative estimate of drug-likeness (QED) is 0.773. The van der Waals surface area contributed by atoms with Crippen LogP contribution in [0, 0.1) is 0 Å². The van der Waals surface area contributed by atoms with E-state index >= 15 is 0 Å². The third-order valence-electron chi connectivity index (χ3n) is 2.30. The highest BCUT2D eigenvalue weighted by atomic mass is 35.5. The molecule has 1 aromatic carbocycles. The van der Waals surface area contributed by atoms with Gasteiger partial charge in [0.15, 0.2) is 0 Å². The first-order valence-corrected chi connectivity index (χ1v) is 5.17. The average molecular weight is 229 g/mol. The van der Waals surface area contributed by atoms with Crippen LogP contribution in [0.5, 0.6) is 0 Å². The second-order valence-electron chi connectivity index (χ2n) is 3.06. The molecule has 0 aliphatic heterocycles. The predicted octanol–water partition coefficient (Wildman–Crippen LogP) is 3.88. The number of halogens is 2. The fraction of sp³-hybridized carbons (Fsp3) is 0.200. The van der Waals surface area contributed by atoms with Gasteiger partial charge in [-0.2, -0.15) is 0 Å². The summed E-state index contributed by atoms with van der Waals surface area (Å²) >= 11 is 11.7. The molecule has 0 amide bonds. The van der Waals surface area contributed by atoms with Gasteiger partial charge in [-0.05, 0) is 19.1 Å². The van der Waals surface area contributed by atoms with Crippen LogP contribution in [0.3, 0.4) is 0 Å². The maximum atomic E-state index is 6.12. The topological polar surface area (TPSA) is 17.0 Å². The maximum absolute atomic E-state index is 6.12. The summed E-state index contributed by atoms with van der Waals surface area (Å²) in [5, 5.41) is 1.71. The molecule has 4 heteroatoms. The zero-order valence-electron chi connectivity index (χ0n) is 7.72. The first kappa shape index (κ1) is 9.69. The Bertz CT molecular complexity index is 462. The van der Waals surface area contributed by atoms with E-state index in [0.717, 1.165) is 28.2 Å². The van der Waals surface area contributed by atoms with Crippen molar-refractivity contribution < 1.29 is 0 Å². The van der Waals surface area contributed by atoms with Crippen molar-refractivity contribution in [1.29, 1.82) is 0 Å². The first-order chi connectivity index (χ1) is 6.77. The number of rotatable bonds is 2. The summed E-state index contributed by atoms with van der Waals surface area (Å²) in [5.74, 6) is 0. The molecule has 74 valence electrons. The molecule has 0 spiro atoms. The molecule has 0 fully saturated rings. The van der Waals surface area contributed by atoms with Crippen LogP contribution >= 0.6 is 23.4 Å². The van der Waals surface area contributed by atoms with E-state index in [4.69, 9.17) is 23.4 Å². The van der Waals surface area contributed by atoms with E-state index < -0.39 is 0 Å². The number of aryl methyl sites for hydroxylation is 1. The highest BCUT2D eigenvalue weighted by molar-refractivity contribution is 6.37. The van der Waals surface area contributed by atoms with Gasteiger partial charge >= 0.3 is 0 Å². The summed E-state index contributed by atoms with van der Waals surface area (Å²) < 4.78 is 2.09. The van der Waals surface area contributed by atoms with Gasteiger partial charge in [-0.1, -0.05) is 17.7 Å². The van der Waals surface area contributed by atoms with Crippen molar-refractivity contribution in [2.24, 2.45) is 0 Å². The monoisotopic (exact) mass is 228 g/mol. The maximum Gasteiger partial charge on any atom is 0.0682 e. The molecular weight excluding hydrogens is 219 g/mol. The molecule has 1 aromatic heterocycles. The lowest BCUT2D eigenvalue weighted by Crippen LogP contribution is -1.90. The Labute approximate surface area is 92.5 Å². The molecule has 1 N–H and O–H groups in total. The second-order valence-corrected chi connectivity index (χ2v) is 3.65. The van der Waals surface area contributed by atoms with Gasteiger partial charge in [0.25, 0.3) is 0 Å². The Morgan fingerprint density at radius 1 is 1.43 bits per heavy atom. The van der Waals surface area contributed by atoms with Crippen LogP contribution in [0.25, 0.3) is 10.9 Å². The number of hydrogen-bond acceptors (Lipinski definition) is 1. The second kappa shape index (κ2) is 3.71. The van der Waals surface area contributed by atoms with Gasteiger partial charge in [0, 0.05) is 29.9 Å². The number of anilines is 1. The molecular formula is C10H10Cl2N2. The highest BCUT2D eigenvalue weighted by Gasteiger charge is 2.09. The molecule has 0 bridgehead atoms. The predicted molar refractivity (Wildman–Crippen MR) is 62.1 cm³/mol. The number of aromatic nitrogens is 1. The number of benzene rings is 1. The number of nitrogens with zero attached hydrogens (tertiary/aromatic N) is 1. The Kier molecular flexibility index (Phi) is 2.57. The Hall–Kier alpha value is -0.860. The molecule has 0 saturated heterocycles. The van der Waals surface area contributed by atoms with E-state index in [1.165, 1.54) is 0 Å². The van der Waals surface area contributed by atoms with Crippen LogP contribution in [0.2, 0.25) is 5.02 Å². The third kappa shape index (κ3) is 1.35. The fourth-order valence-corrected chi connectivity index (χ4v) is 2.12. The minimum atomic E-state index is 0.727. The summed E-state index contributed by atoms with van der Waals surface area (Å²) in [7, 11) is 0. The minimum Gasteiger partial charge on any atom is -0.346 e. The summed E-state index contributed by atoms with van der Waals surface area (Å²) in [6.07, 6.45) is 1.92. The summed E-state index contributed by atoms with van der Waals surface area (Å²) in [5.41, 5.74) is 1.95. The van der Waals surface area contributed by atoms with E-state index in [1.54, 1.807) is 0 Å². The van der Waals surface area contributed by atoms with Gasteiger partial charge in [0.2, 0.25) is 0 Å². The van der Waals surface area contributed by atoms with Crippen LogP contribution in [-0.2, 0) is 6.54 Å². The van der Waals surface area contributed by atoms with Crippen LogP contribution in [0.4, 0.5) is 5.69 Å². The SMILES string of the molecule is CCn1cc(Cl)c2c(NCl)cccc21. The molecule has 1 heterocycles. The van der Waals surface area contributed by atoms with Gasteiger partial charge in [-0.3, -0.25) is 4.84 Å². The van der Waals surface area contributed by atoms with Crippen molar-refractivity contribution in [1.82, 2.24) is 4.57 Å². The van der Waals surface area contributed by atoms with Crippen molar-refractivity contribution in [3.05, 3.63) is 29.4 Å². The normalized spacial score (nSPS) is 10.8. The van der Waals surface area contributed by atoms with Gasteiger partial charge < -0.3 is 4.57 Å². The molecule has 0 aliphatic carbocycles. The molecule has 14 heavy (non-hydrogen) atoms. The smallest absolute Gasteiger partial charge is 0.0682 e. The molecule has 2 aromatic rings. The average Bonchev–Trinajstić information content (AvgIpc) is 2.55. The van der Waals surface area contributed by atoms with Crippen LogP contribution in [0.1, 0.15) is 6.92 Å². The van der Waals surface area contributed by atoms with E-state index in [2.05, 4.69) is 16.3 Å². The molecule has 0 unspecified atom stereocenters. The van der Waals surface area contributed by atoms with Crippen LogP contribution in [0.15, 0.2) is 24.4 Å². The largest absolute Gasteiger partial charge is 0.346 e. The summed E-state index contributed by atoms with van der Waals surface area (Å²) in [6.45, 7) is 2.98. The number of fused-ring (bicyclic) bond motifs is 1. The van der Waals surface area contributed by atoms with Crippen molar-refractivity contribution in [2.45, 2.75) is 13.5 Å². The van der Waals surface area contributed by atoms with Gasteiger partial charge in [-0.25, -0.2) is 0 Å². The van der Waals surface area contributed by atoms with Gasteiger partial charge in [0.05, 0.1) is 16.2 Å². The molecule has 0 atom stereocenters. The van der Waals surface area contributed by atoms with E-state index in [1.807, 2.05) is 24.4 Å². The standard InChI is InChI=1S/C10H10Cl2N2/c1-2-14-6-7(11)10-8(13-12)4-3-5-9(10)14/h3-6,13H,2H2,1H3. The van der Waals surface area contributed by atoms with Crippen LogP contribution < -0.4 is 4.84 Å². The summed E-state index contributed by atoms with van der Waals surface area (Å²) in [4.78, 5) is 2.62. The Morgan fingerprint density at radius 3 is 2.86 bits per heavy atom. The molecule has 0 radical (unpaired) electrons. The zero-order chi connectivity index (χ0) is 10.1. The minimum absolute atomic E-state index is 0.727. The molecule has 2 nitrogen and oxygen atoms in total. The molecule has 0 aliphatic rings. The van der Waals surface area contributed by atoms with Crippen molar-refractivity contribution in [3.8, 4) is 0 Å². The Morgan fingerprint density at radius 2 is 2.21 bits per heavy atom. The van der Waals surface area contributed by atoms with Crippen molar-refractivity contribution in [2.75, 3.05) is 4.84 Å². The first-order valence-electron chi connectivity index (χ1n) is 4.42. The molecule has 0 saturated carbocycles. The lowest BCUT2D eigenvalue weighted by atomic mass is 10.2. The fourth-order valence-electron chi connectivity index (χ4n) is 1.64. The van der Waals surface area contributed by atoms with Gasteiger partial charge in [0.1, 0.15) is 0 Å². The Balaban J connectivity index is 2.81. The lowest BCUT2D eigenvalue weighted by Gasteiger charge is -2.02. The third-order valence-corrected chi connectivity index (χ3v) is 2.79.